The molecule has 1 rings (SSSR count). The number of carbonyl (C=O) groups is 1. The number of aryl methyl sites for hydroxylation is 1. The lowest BCUT2D eigenvalue weighted by Crippen LogP contribution is -2.37. The second kappa shape index (κ2) is 7.59. The molecule has 1 unspecified atom stereocenters. The second-order valence-electron chi connectivity index (χ2n) is 5.31. The lowest BCUT2D eigenvalue weighted by atomic mass is 9.82. The van der Waals surface area contributed by atoms with Crippen molar-refractivity contribution in [2.45, 2.75) is 51.6 Å². The van der Waals surface area contributed by atoms with Crippen LogP contribution in [0.1, 0.15) is 44.5 Å². The number of methoxy groups -OCH3 is 1. The Hall–Kier alpha value is -1.14. The van der Waals surface area contributed by atoms with Crippen LogP contribution in [0, 0.1) is 11.1 Å². The van der Waals surface area contributed by atoms with Crippen LogP contribution in [0.15, 0.2) is 11.6 Å². The molecular formula is C14H23NO4S. The summed E-state index contributed by atoms with van der Waals surface area (Å²) < 4.78 is 5.44. The van der Waals surface area contributed by atoms with E-state index in [9.17, 15) is 15.1 Å². The Bertz CT molecular complexity index is 433. The van der Waals surface area contributed by atoms with Gasteiger partial charge in [0.05, 0.1) is 18.1 Å². The van der Waals surface area contributed by atoms with Gasteiger partial charge in [-0.1, -0.05) is 25.2 Å². The van der Waals surface area contributed by atoms with Crippen LogP contribution in [-0.4, -0.2) is 23.8 Å². The molecule has 0 amide bonds. The van der Waals surface area contributed by atoms with Gasteiger partial charge in [-0.25, -0.2) is 0 Å². The Labute approximate surface area is 123 Å². The Balaban J connectivity index is 2.53. The first-order valence-electron chi connectivity index (χ1n) is 6.84. The lowest BCUT2D eigenvalue weighted by Gasteiger charge is -2.32. The second-order valence-corrected chi connectivity index (χ2v) is 6.29. The zero-order valence-corrected chi connectivity index (χ0v) is 13.1. The fourth-order valence-corrected chi connectivity index (χ4v) is 2.85. The molecule has 5 nitrogen and oxygen atoms in total. The van der Waals surface area contributed by atoms with Crippen molar-refractivity contribution in [2.75, 3.05) is 7.11 Å². The van der Waals surface area contributed by atoms with Gasteiger partial charge < -0.3 is 15.1 Å². The van der Waals surface area contributed by atoms with Crippen LogP contribution < -0.4 is 4.73 Å². The van der Waals surface area contributed by atoms with Gasteiger partial charge in [-0.3, -0.25) is 4.79 Å². The first kappa shape index (κ1) is 16.9. The molecule has 114 valence electrons. The quantitative estimate of drug-likeness (QED) is 0.453. The maximum Gasteiger partial charge on any atom is 0.305 e. The molecule has 1 aromatic heterocycles. The molecule has 0 aliphatic rings. The largest absolute Gasteiger partial charge is 0.618 e. The predicted molar refractivity (Wildman–Crippen MR) is 77.3 cm³/mol. The molecule has 0 radical (unpaired) electrons. The fraction of sp³-hybridized carbons (Fsp3) is 0.714. The SMILES string of the molecule is COC(=O)CCCC(O)(CCc1scc[n+]1[O-])C(C)C. The molecule has 0 saturated heterocycles. The highest BCUT2D eigenvalue weighted by molar-refractivity contribution is 7.09. The maximum atomic E-state index is 11.4. The monoisotopic (exact) mass is 301 g/mol. The molecule has 1 heterocycles. The van der Waals surface area contributed by atoms with E-state index in [2.05, 4.69) is 4.74 Å². The summed E-state index contributed by atoms with van der Waals surface area (Å²) in [5.41, 5.74) is -0.856. The number of ether oxygens (including phenoxy) is 1. The highest BCUT2D eigenvalue weighted by Crippen LogP contribution is 2.29. The van der Waals surface area contributed by atoms with Crippen molar-refractivity contribution in [3.63, 3.8) is 0 Å². The van der Waals surface area contributed by atoms with Crippen molar-refractivity contribution in [1.29, 1.82) is 0 Å². The van der Waals surface area contributed by atoms with Crippen molar-refractivity contribution in [3.8, 4) is 0 Å². The van der Waals surface area contributed by atoms with Gasteiger partial charge in [0.25, 0.3) is 0 Å². The van der Waals surface area contributed by atoms with Crippen LogP contribution in [0.5, 0.6) is 0 Å². The van der Waals surface area contributed by atoms with Crippen LogP contribution in [0.25, 0.3) is 0 Å². The van der Waals surface area contributed by atoms with Crippen molar-refractivity contribution >= 4 is 17.3 Å². The molecular weight excluding hydrogens is 278 g/mol. The minimum absolute atomic E-state index is 0.0696. The number of hydrogen-bond acceptors (Lipinski definition) is 5. The van der Waals surface area contributed by atoms with Gasteiger partial charge in [-0.2, -0.15) is 4.73 Å². The van der Waals surface area contributed by atoms with E-state index in [4.69, 9.17) is 0 Å². The molecule has 1 atom stereocenters. The van der Waals surface area contributed by atoms with Gasteiger partial charge in [0, 0.05) is 12.8 Å². The number of esters is 1. The molecule has 0 aliphatic carbocycles. The van der Waals surface area contributed by atoms with E-state index in [1.807, 2.05) is 13.8 Å². The molecule has 0 aromatic carbocycles. The number of aliphatic hydroxyl groups is 1. The molecule has 20 heavy (non-hydrogen) atoms. The maximum absolute atomic E-state index is 11.4. The Morgan fingerprint density at radius 2 is 2.25 bits per heavy atom. The number of aromatic nitrogens is 1. The normalized spacial score (nSPS) is 14.2. The third kappa shape index (κ3) is 4.76. The van der Waals surface area contributed by atoms with E-state index in [1.165, 1.54) is 24.6 Å². The van der Waals surface area contributed by atoms with E-state index in [1.54, 1.807) is 5.38 Å². The van der Waals surface area contributed by atoms with Crippen LogP contribution in [0.3, 0.4) is 0 Å². The molecule has 1 N–H and O–H groups in total. The smallest absolute Gasteiger partial charge is 0.305 e. The van der Waals surface area contributed by atoms with E-state index in [0.29, 0.717) is 37.1 Å². The molecule has 1 aromatic rings. The van der Waals surface area contributed by atoms with Gasteiger partial charge >= 0.3 is 5.97 Å². The van der Waals surface area contributed by atoms with E-state index in [0.717, 1.165) is 4.73 Å². The lowest BCUT2D eigenvalue weighted by molar-refractivity contribution is -0.608. The predicted octanol–water partition coefficient (Wildman–Crippen LogP) is 2.04. The molecule has 0 aliphatic heterocycles. The molecule has 0 bridgehead atoms. The van der Waals surface area contributed by atoms with E-state index in [-0.39, 0.29) is 11.9 Å². The molecule has 0 fully saturated rings. The minimum atomic E-state index is -0.856. The standard InChI is InChI=1S/C14H23NO4S/c1-11(2)14(17,7-4-5-13(16)19-3)8-6-12-15(18)9-10-20-12/h9-11,17H,4-8H2,1-3H3. The summed E-state index contributed by atoms with van der Waals surface area (Å²) in [6.45, 7) is 3.91. The zero-order chi connectivity index (χ0) is 15.2. The average Bonchev–Trinajstić information content (AvgIpc) is 2.81. The first-order chi connectivity index (χ1) is 9.39. The summed E-state index contributed by atoms with van der Waals surface area (Å²) >= 11 is 1.40. The minimum Gasteiger partial charge on any atom is -0.618 e. The van der Waals surface area contributed by atoms with Gasteiger partial charge in [-0.15, -0.1) is 0 Å². The van der Waals surface area contributed by atoms with Crippen LogP contribution in [0.2, 0.25) is 0 Å². The molecule has 0 spiro atoms. The van der Waals surface area contributed by atoms with Crippen LogP contribution in [0.4, 0.5) is 0 Å². The Morgan fingerprint density at radius 1 is 1.55 bits per heavy atom. The van der Waals surface area contributed by atoms with Crippen molar-refractivity contribution in [3.05, 3.63) is 21.8 Å². The third-order valence-electron chi connectivity index (χ3n) is 3.71. The topological polar surface area (TPSA) is 73.5 Å². The number of nitrogens with zero attached hydrogens (tertiary/aromatic N) is 1. The fourth-order valence-electron chi connectivity index (χ4n) is 2.14. The van der Waals surface area contributed by atoms with Gasteiger partial charge in [0.1, 0.15) is 0 Å². The summed E-state index contributed by atoms with van der Waals surface area (Å²) in [6, 6.07) is 0. The highest BCUT2D eigenvalue weighted by atomic mass is 32.1. The number of thiazole rings is 1. The van der Waals surface area contributed by atoms with E-state index >= 15 is 0 Å². The van der Waals surface area contributed by atoms with Crippen molar-refractivity contribution in [1.82, 2.24) is 0 Å². The Morgan fingerprint density at radius 3 is 2.75 bits per heavy atom. The molecule has 6 heteroatoms. The summed E-state index contributed by atoms with van der Waals surface area (Å²) in [7, 11) is 1.36. The van der Waals surface area contributed by atoms with Crippen LogP contribution in [-0.2, 0) is 16.0 Å². The van der Waals surface area contributed by atoms with Crippen LogP contribution >= 0.6 is 11.3 Å². The molecule has 0 saturated carbocycles. The first-order valence-corrected chi connectivity index (χ1v) is 7.71. The Kier molecular flexibility index (Phi) is 6.42. The van der Waals surface area contributed by atoms with Crippen molar-refractivity contribution in [2.24, 2.45) is 5.92 Å². The number of carbonyl (C=O) groups excluding carboxylic acids is 1. The van der Waals surface area contributed by atoms with Gasteiger partial charge in [0.15, 0.2) is 6.20 Å². The number of hydrogen-bond donors (Lipinski definition) is 1. The summed E-state index contributed by atoms with van der Waals surface area (Å²) in [6.07, 6.45) is 3.98. The van der Waals surface area contributed by atoms with Gasteiger partial charge in [-0.05, 0) is 25.2 Å². The van der Waals surface area contributed by atoms with Crippen molar-refractivity contribution < 1.29 is 19.4 Å². The third-order valence-corrected chi connectivity index (χ3v) is 4.62. The van der Waals surface area contributed by atoms with Gasteiger partial charge in [0.2, 0.25) is 5.01 Å². The van der Waals surface area contributed by atoms with E-state index < -0.39 is 5.60 Å². The summed E-state index contributed by atoms with van der Waals surface area (Å²) in [5.74, 6) is -0.188. The average molecular weight is 301 g/mol. The summed E-state index contributed by atoms with van der Waals surface area (Å²) in [5, 5.41) is 24.6. The highest BCUT2D eigenvalue weighted by Gasteiger charge is 2.31. The number of rotatable bonds is 8. The zero-order valence-electron chi connectivity index (χ0n) is 12.3. The summed E-state index contributed by atoms with van der Waals surface area (Å²) in [4.78, 5) is 11.1.